The number of carbonyl (C=O) groups is 1. The summed E-state index contributed by atoms with van der Waals surface area (Å²) in [5.74, 6) is 0.926. The number of para-hydroxylation sites is 2. The minimum absolute atomic E-state index is 0.216. The van der Waals surface area contributed by atoms with Crippen LogP contribution in [-0.4, -0.2) is 69.3 Å². The first kappa shape index (κ1) is 24.9. The molecule has 0 radical (unpaired) electrons. The molecule has 8 heteroatoms. The van der Waals surface area contributed by atoms with E-state index < -0.39 is 0 Å². The summed E-state index contributed by atoms with van der Waals surface area (Å²) in [4.78, 5) is 18.2. The molecule has 3 aromatic rings. The number of nitrogens with zero attached hydrogens (tertiary/aromatic N) is 1. The second-order valence-corrected chi connectivity index (χ2v) is 8.41. The van der Waals surface area contributed by atoms with Crippen LogP contribution in [0.2, 0.25) is 0 Å². The Morgan fingerprint density at radius 3 is 1.94 bits per heavy atom. The van der Waals surface area contributed by atoms with Crippen LogP contribution in [-0.2, 0) is 14.2 Å². The third kappa shape index (κ3) is 6.08. The van der Waals surface area contributed by atoms with Crippen molar-refractivity contribution >= 4 is 27.7 Å². The van der Waals surface area contributed by atoms with Crippen molar-refractivity contribution in [2.75, 3.05) is 46.2 Å². The van der Waals surface area contributed by atoms with Crippen molar-refractivity contribution in [3.8, 4) is 11.5 Å². The van der Waals surface area contributed by atoms with Crippen LogP contribution in [0.4, 0.5) is 0 Å². The molecule has 186 valence electrons. The molecule has 0 saturated heterocycles. The maximum absolute atomic E-state index is 13.3. The van der Waals surface area contributed by atoms with Crippen molar-refractivity contribution in [1.29, 1.82) is 0 Å². The van der Waals surface area contributed by atoms with E-state index in [0.29, 0.717) is 85.1 Å². The Morgan fingerprint density at radius 2 is 1.43 bits per heavy atom. The highest BCUT2D eigenvalue weighted by molar-refractivity contribution is 6.17. The molecule has 0 spiro atoms. The Balaban J connectivity index is 1.85. The lowest BCUT2D eigenvalue weighted by Gasteiger charge is -2.20. The van der Waals surface area contributed by atoms with E-state index in [9.17, 15) is 4.79 Å². The summed E-state index contributed by atoms with van der Waals surface area (Å²) in [6.07, 6.45) is 1.19. The van der Waals surface area contributed by atoms with Gasteiger partial charge in [-0.3, -0.25) is 4.79 Å². The van der Waals surface area contributed by atoms with Gasteiger partial charge in [0, 0.05) is 17.3 Å². The third-order valence-corrected chi connectivity index (χ3v) is 5.50. The second-order valence-electron chi connectivity index (χ2n) is 8.41. The van der Waals surface area contributed by atoms with E-state index in [2.05, 4.69) is 11.9 Å². The van der Waals surface area contributed by atoms with Crippen LogP contribution >= 0.6 is 0 Å². The number of hydrogen-bond donors (Lipinski definition) is 1. The van der Waals surface area contributed by atoms with Gasteiger partial charge in [0.25, 0.3) is 5.91 Å². The van der Waals surface area contributed by atoms with Gasteiger partial charge >= 0.3 is 0 Å². The van der Waals surface area contributed by atoms with Crippen LogP contribution in [0.1, 0.15) is 24.2 Å². The van der Waals surface area contributed by atoms with Gasteiger partial charge in [0.1, 0.15) is 34.7 Å². The summed E-state index contributed by atoms with van der Waals surface area (Å²) in [6.45, 7) is 10.6. The molecule has 4 rings (SSSR count). The fourth-order valence-corrected chi connectivity index (χ4v) is 3.96. The highest BCUT2D eigenvalue weighted by Crippen LogP contribution is 2.35. The average Bonchev–Trinajstić information content (AvgIpc) is 2.85. The van der Waals surface area contributed by atoms with Gasteiger partial charge in [0.2, 0.25) is 0 Å². The summed E-state index contributed by atoms with van der Waals surface area (Å²) in [7, 11) is 0. The Labute approximate surface area is 205 Å². The van der Waals surface area contributed by atoms with Gasteiger partial charge in [0.05, 0.1) is 45.2 Å². The van der Waals surface area contributed by atoms with Crippen molar-refractivity contribution in [3.63, 3.8) is 0 Å². The van der Waals surface area contributed by atoms with Gasteiger partial charge in [-0.25, -0.2) is 4.98 Å². The number of amides is 1. The lowest BCUT2D eigenvalue weighted by Crippen LogP contribution is -2.25. The van der Waals surface area contributed by atoms with Crippen molar-refractivity contribution in [2.45, 2.75) is 26.1 Å². The van der Waals surface area contributed by atoms with Gasteiger partial charge in [-0.15, -0.1) is 6.58 Å². The van der Waals surface area contributed by atoms with Crippen LogP contribution < -0.4 is 14.8 Å². The SMILES string of the molecule is C=CCNC(=O)c1c2cccc3c2nc2c(cccc12)O[C@H](C)COCCOCCOC[C@@H](C)O3. The van der Waals surface area contributed by atoms with E-state index in [1.165, 1.54) is 0 Å². The highest BCUT2D eigenvalue weighted by Gasteiger charge is 2.21. The van der Waals surface area contributed by atoms with Crippen LogP contribution in [0.3, 0.4) is 0 Å². The van der Waals surface area contributed by atoms with Crippen LogP contribution in [0.5, 0.6) is 11.5 Å². The zero-order valence-corrected chi connectivity index (χ0v) is 20.2. The Morgan fingerprint density at radius 1 is 0.914 bits per heavy atom. The molecule has 1 aliphatic heterocycles. The average molecular weight is 481 g/mol. The monoisotopic (exact) mass is 480 g/mol. The minimum atomic E-state index is -0.232. The number of aromatic nitrogens is 1. The molecular weight excluding hydrogens is 448 g/mol. The van der Waals surface area contributed by atoms with Gasteiger partial charge in [-0.05, 0) is 26.0 Å². The summed E-state index contributed by atoms with van der Waals surface area (Å²) in [5.41, 5.74) is 1.68. The molecule has 2 heterocycles. The molecule has 2 atom stereocenters. The maximum atomic E-state index is 13.3. The highest BCUT2D eigenvalue weighted by atomic mass is 16.6. The first-order chi connectivity index (χ1) is 17.1. The van der Waals surface area contributed by atoms with Gasteiger partial charge < -0.3 is 29.0 Å². The Bertz CT molecular complexity index is 1110. The van der Waals surface area contributed by atoms with Gasteiger partial charge in [-0.2, -0.15) is 0 Å². The molecule has 1 N–H and O–H groups in total. The van der Waals surface area contributed by atoms with Crippen molar-refractivity contribution < 1.29 is 28.5 Å². The first-order valence-corrected chi connectivity index (χ1v) is 11.9. The maximum Gasteiger partial charge on any atom is 0.252 e. The van der Waals surface area contributed by atoms with Gasteiger partial charge in [0.15, 0.2) is 0 Å². The molecule has 1 aromatic heterocycles. The summed E-state index contributed by atoms with van der Waals surface area (Å²) in [6, 6.07) is 11.2. The topological polar surface area (TPSA) is 88.1 Å². The largest absolute Gasteiger partial charge is 0.486 e. The van der Waals surface area contributed by atoms with Crippen molar-refractivity contribution in [3.05, 3.63) is 54.6 Å². The van der Waals surface area contributed by atoms with E-state index in [1.54, 1.807) is 6.08 Å². The predicted molar refractivity (Wildman–Crippen MR) is 134 cm³/mol. The first-order valence-electron chi connectivity index (χ1n) is 11.9. The standard InChI is InChI=1S/C27H32N2O6/c1-4-11-28-27(30)24-20-7-5-9-22-25(20)29-26-21(24)8-6-10-23(26)35-19(3)17-33-15-13-31-12-14-32-16-18(2)34-22/h4-10,18-19H,1,11-17H2,2-3H3,(H,28,30)/t18-,19-/m1/s1. The van der Waals surface area contributed by atoms with E-state index in [0.717, 1.165) is 0 Å². The zero-order valence-electron chi connectivity index (χ0n) is 20.2. The van der Waals surface area contributed by atoms with Gasteiger partial charge in [-0.1, -0.05) is 30.3 Å². The lowest BCUT2D eigenvalue weighted by atomic mass is 10.0. The number of benzene rings is 2. The molecule has 0 fully saturated rings. The normalized spacial score (nSPS) is 20.1. The molecule has 1 aliphatic rings. The van der Waals surface area contributed by atoms with Crippen molar-refractivity contribution in [2.24, 2.45) is 0 Å². The quantitative estimate of drug-likeness (QED) is 0.449. The Hall–Kier alpha value is -3.20. The van der Waals surface area contributed by atoms with E-state index in [-0.39, 0.29) is 18.1 Å². The van der Waals surface area contributed by atoms with E-state index in [1.807, 2.05) is 50.2 Å². The Kier molecular flexibility index (Phi) is 8.52. The molecule has 35 heavy (non-hydrogen) atoms. The van der Waals surface area contributed by atoms with Crippen molar-refractivity contribution in [1.82, 2.24) is 10.3 Å². The molecule has 1 amide bonds. The smallest absolute Gasteiger partial charge is 0.252 e. The summed E-state index contributed by atoms with van der Waals surface area (Å²) < 4.78 is 29.4. The van der Waals surface area contributed by atoms with E-state index >= 15 is 0 Å². The second kappa shape index (κ2) is 12.0. The fraction of sp³-hybridized carbons (Fsp3) is 0.407. The third-order valence-electron chi connectivity index (χ3n) is 5.50. The minimum Gasteiger partial charge on any atom is -0.486 e. The molecule has 8 nitrogen and oxygen atoms in total. The summed E-state index contributed by atoms with van der Waals surface area (Å²) in [5, 5.41) is 4.29. The number of carbonyl (C=O) groups excluding carboxylic acids is 1. The number of hydrogen-bond acceptors (Lipinski definition) is 7. The molecule has 0 aliphatic carbocycles. The molecule has 0 saturated carbocycles. The number of nitrogens with one attached hydrogen (secondary N) is 1. The van der Waals surface area contributed by atoms with E-state index in [4.69, 9.17) is 28.7 Å². The van der Waals surface area contributed by atoms with Crippen LogP contribution in [0.25, 0.3) is 21.8 Å². The molecular formula is C27H32N2O6. The van der Waals surface area contributed by atoms with Crippen LogP contribution in [0, 0.1) is 0 Å². The number of pyridine rings is 1. The fourth-order valence-electron chi connectivity index (χ4n) is 3.96. The lowest BCUT2D eigenvalue weighted by molar-refractivity contribution is -0.0114. The summed E-state index contributed by atoms with van der Waals surface area (Å²) >= 11 is 0. The zero-order chi connectivity index (χ0) is 24.6. The molecule has 0 unspecified atom stereocenters. The van der Waals surface area contributed by atoms with Crippen LogP contribution in [0.15, 0.2) is 49.1 Å². The number of rotatable bonds is 3. The molecule has 2 bridgehead atoms. The number of ether oxygens (including phenoxy) is 5. The molecule has 2 aromatic carbocycles. The predicted octanol–water partition coefficient (Wildman–Crippen LogP) is 3.90.